The van der Waals surface area contributed by atoms with E-state index < -0.39 is 0 Å². The standard InChI is InChI=1S/C9H15N3/c1-4-7(2)12-9-5-10-8(3)11-6-9/h5-7,12H,4H2,1-3H3. The number of hydrogen-bond donors (Lipinski definition) is 1. The lowest BCUT2D eigenvalue weighted by atomic mass is 10.2. The zero-order chi connectivity index (χ0) is 8.97. The van der Waals surface area contributed by atoms with Gasteiger partial charge in [-0.1, -0.05) is 6.92 Å². The molecular formula is C9H15N3. The highest BCUT2D eigenvalue weighted by molar-refractivity contribution is 5.38. The van der Waals surface area contributed by atoms with Crippen LogP contribution in [0.15, 0.2) is 12.4 Å². The van der Waals surface area contributed by atoms with Crippen LogP contribution in [0.25, 0.3) is 0 Å². The van der Waals surface area contributed by atoms with Crippen LogP contribution in [-0.2, 0) is 0 Å². The largest absolute Gasteiger partial charge is 0.380 e. The van der Waals surface area contributed by atoms with Crippen molar-refractivity contribution in [3.63, 3.8) is 0 Å². The molecular weight excluding hydrogens is 150 g/mol. The number of hydrogen-bond acceptors (Lipinski definition) is 3. The molecule has 3 nitrogen and oxygen atoms in total. The first-order valence-corrected chi connectivity index (χ1v) is 4.27. The van der Waals surface area contributed by atoms with E-state index in [1.54, 1.807) is 0 Å². The molecule has 1 heterocycles. The molecule has 0 aliphatic rings. The highest BCUT2D eigenvalue weighted by atomic mass is 15.0. The Balaban J connectivity index is 2.58. The molecule has 1 aromatic heterocycles. The van der Waals surface area contributed by atoms with Crippen molar-refractivity contribution in [1.29, 1.82) is 0 Å². The summed E-state index contributed by atoms with van der Waals surface area (Å²) in [4.78, 5) is 8.19. The summed E-state index contributed by atoms with van der Waals surface area (Å²) in [6.45, 7) is 6.17. The zero-order valence-electron chi connectivity index (χ0n) is 7.83. The number of anilines is 1. The molecule has 0 aliphatic carbocycles. The second-order valence-corrected chi connectivity index (χ2v) is 2.97. The van der Waals surface area contributed by atoms with E-state index in [2.05, 4.69) is 29.1 Å². The first-order chi connectivity index (χ1) is 5.72. The van der Waals surface area contributed by atoms with Crippen molar-refractivity contribution in [2.75, 3.05) is 5.32 Å². The summed E-state index contributed by atoms with van der Waals surface area (Å²) >= 11 is 0. The fourth-order valence-electron chi connectivity index (χ4n) is 0.854. The average molecular weight is 165 g/mol. The van der Waals surface area contributed by atoms with Gasteiger partial charge in [-0.25, -0.2) is 9.97 Å². The molecule has 0 amide bonds. The van der Waals surface area contributed by atoms with Crippen LogP contribution >= 0.6 is 0 Å². The normalized spacial score (nSPS) is 12.6. The van der Waals surface area contributed by atoms with Crippen LogP contribution in [0.1, 0.15) is 26.1 Å². The smallest absolute Gasteiger partial charge is 0.125 e. The monoisotopic (exact) mass is 165 g/mol. The van der Waals surface area contributed by atoms with Crippen molar-refractivity contribution in [1.82, 2.24) is 9.97 Å². The van der Waals surface area contributed by atoms with Crippen LogP contribution < -0.4 is 5.32 Å². The summed E-state index contributed by atoms with van der Waals surface area (Å²) in [6, 6.07) is 0.483. The highest BCUT2D eigenvalue weighted by Crippen LogP contribution is 2.05. The van der Waals surface area contributed by atoms with E-state index in [0.29, 0.717) is 6.04 Å². The van der Waals surface area contributed by atoms with Gasteiger partial charge in [-0.3, -0.25) is 0 Å². The molecule has 0 aromatic carbocycles. The Kier molecular flexibility index (Phi) is 3.02. The molecule has 0 fully saturated rings. The summed E-state index contributed by atoms with van der Waals surface area (Å²) in [5.41, 5.74) is 0.995. The molecule has 0 saturated carbocycles. The highest BCUT2D eigenvalue weighted by Gasteiger charge is 1.98. The van der Waals surface area contributed by atoms with Gasteiger partial charge in [-0.05, 0) is 20.3 Å². The number of nitrogens with one attached hydrogen (secondary N) is 1. The van der Waals surface area contributed by atoms with E-state index in [1.807, 2.05) is 19.3 Å². The quantitative estimate of drug-likeness (QED) is 0.744. The van der Waals surface area contributed by atoms with Crippen molar-refractivity contribution in [3.05, 3.63) is 18.2 Å². The summed E-state index contributed by atoms with van der Waals surface area (Å²) in [5.74, 6) is 0.810. The first kappa shape index (κ1) is 8.97. The Morgan fingerprint density at radius 3 is 2.50 bits per heavy atom. The molecule has 1 N–H and O–H groups in total. The molecule has 1 atom stereocenters. The zero-order valence-corrected chi connectivity index (χ0v) is 7.83. The molecule has 0 aliphatic heterocycles. The minimum atomic E-state index is 0.483. The lowest BCUT2D eigenvalue weighted by Crippen LogP contribution is -2.13. The molecule has 0 bridgehead atoms. The van der Waals surface area contributed by atoms with Crippen LogP contribution in [0.3, 0.4) is 0 Å². The second kappa shape index (κ2) is 4.04. The maximum Gasteiger partial charge on any atom is 0.125 e. The van der Waals surface area contributed by atoms with Crippen molar-refractivity contribution in [2.24, 2.45) is 0 Å². The lowest BCUT2D eigenvalue weighted by molar-refractivity contribution is 0.761. The molecule has 66 valence electrons. The van der Waals surface area contributed by atoms with Crippen LogP contribution in [0, 0.1) is 6.92 Å². The fourth-order valence-corrected chi connectivity index (χ4v) is 0.854. The van der Waals surface area contributed by atoms with Crippen molar-refractivity contribution in [2.45, 2.75) is 33.2 Å². The number of aryl methyl sites for hydroxylation is 1. The van der Waals surface area contributed by atoms with Crippen molar-refractivity contribution in [3.8, 4) is 0 Å². The first-order valence-electron chi connectivity index (χ1n) is 4.27. The Labute approximate surface area is 73.2 Å². The predicted molar refractivity (Wildman–Crippen MR) is 50.1 cm³/mol. The Morgan fingerprint density at radius 2 is 2.00 bits per heavy atom. The molecule has 1 rings (SSSR count). The van der Waals surface area contributed by atoms with Gasteiger partial charge in [0.15, 0.2) is 0 Å². The third-order valence-corrected chi connectivity index (χ3v) is 1.81. The third kappa shape index (κ3) is 2.49. The SMILES string of the molecule is CCC(C)Nc1cnc(C)nc1. The van der Waals surface area contributed by atoms with E-state index in [9.17, 15) is 0 Å². The van der Waals surface area contributed by atoms with Gasteiger partial charge in [0.25, 0.3) is 0 Å². The molecule has 0 saturated heterocycles. The van der Waals surface area contributed by atoms with Gasteiger partial charge in [-0.15, -0.1) is 0 Å². The van der Waals surface area contributed by atoms with E-state index in [-0.39, 0.29) is 0 Å². The maximum absolute atomic E-state index is 4.09. The van der Waals surface area contributed by atoms with E-state index in [4.69, 9.17) is 0 Å². The Morgan fingerprint density at radius 1 is 1.42 bits per heavy atom. The van der Waals surface area contributed by atoms with Crippen LogP contribution in [0.2, 0.25) is 0 Å². The summed E-state index contributed by atoms with van der Waals surface area (Å²) in [6.07, 6.45) is 4.73. The summed E-state index contributed by atoms with van der Waals surface area (Å²) in [7, 11) is 0. The molecule has 1 aromatic rings. The fraction of sp³-hybridized carbons (Fsp3) is 0.556. The van der Waals surface area contributed by atoms with Crippen molar-refractivity contribution >= 4 is 5.69 Å². The van der Waals surface area contributed by atoms with Gasteiger partial charge in [0, 0.05) is 6.04 Å². The molecule has 12 heavy (non-hydrogen) atoms. The van der Waals surface area contributed by atoms with Crippen LogP contribution in [0.4, 0.5) is 5.69 Å². The number of rotatable bonds is 3. The van der Waals surface area contributed by atoms with Crippen LogP contribution in [0.5, 0.6) is 0 Å². The van der Waals surface area contributed by atoms with Gasteiger partial charge in [0.2, 0.25) is 0 Å². The molecule has 1 unspecified atom stereocenters. The summed E-state index contributed by atoms with van der Waals surface area (Å²) < 4.78 is 0. The molecule has 0 spiro atoms. The Bertz CT molecular complexity index is 230. The average Bonchev–Trinajstić information content (AvgIpc) is 2.09. The van der Waals surface area contributed by atoms with Gasteiger partial charge >= 0.3 is 0 Å². The van der Waals surface area contributed by atoms with Gasteiger partial charge in [0.05, 0.1) is 18.1 Å². The third-order valence-electron chi connectivity index (χ3n) is 1.81. The Hall–Kier alpha value is -1.12. The van der Waals surface area contributed by atoms with Gasteiger partial charge in [0.1, 0.15) is 5.82 Å². The second-order valence-electron chi connectivity index (χ2n) is 2.97. The van der Waals surface area contributed by atoms with Gasteiger partial charge in [-0.2, -0.15) is 0 Å². The van der Waals surface area contributed by atoms with Crippen molar-refractivity contribution < 1.29 is 0 Å². The topological polar surface area (TPSA) is 37.8 Å². The molecule has 0 radical (unpaired) electrons. The number of aromatic nitrogens is 2. The number of nitrogens with zero attached hydrogens (tertiary/aromatic N) is 2. The molecule has 3 heteroatoms. The maximum atomic E-state index is 4.09. The van der Waals surface area contributed by atoms with Gasteiger partial charge < -0.3 is 5.32 Å². The summed E-state index contributed by atoms with van der Waals surface area (Å²) in [5, 5.41) is 3.29. The lowest BCUT2D eigenvalue weighted by Gasteiger charge is -2.11. The van der Waals surface area contributed by atoms with E-state index in [1.165, 1.54) is 0 Å². The minimum Gasteiger partial charge on any atom is -0.380 e. The predicted octanol–water partition coefficient (Wildman–Crippen LogP) is 2.00. The van der Waals surface area contributed by atoms with Crippen LogP contribution in [-0.4, -0.2) is 16.0 Å². The van der Waals surface area contributed by atoms with E-state index >= 15 is 0 Å². The van der Waals surface area contributed by atoms with E-state index in [0.717, 1.165) is 17.9 Å². The minimum absolute atomic E-state index is 0.483.